The maximum atomic E-state index is 11.7. The number of aromatic nitrogens is 2. The molecule has 0 aliphatic rings. The van der Waals surface area contributed by atoms with E-state index in [4.69, 9.17) is 11.6 Å². The molecule has 0 aliphatic heterocycles. The third-order valence-electron chi connectivity index (χ3n) is 2.86. The molecular weight excluding hydrogens is 248 g/mol. The van der Waals surface area contributed by atoms with Crippen molar-refractivity contribution in [2.75, 3.05) is 0 Å². The lowest BCUT2D eigenvalue weighted by atomic mass is 10.0. The lowest BCUT2D eigenvalue weighted by Crippen LogP contribution is -2.04. The van der Waals surface area contributed by atoms with Gasteiger partial charge in [0.2, 0.25) is 0 Å². The zero-order valence-electron chi connectivity index (χ0n) is 9.35. The molecular formula is C14H9ClN2O. The molecule has 3 rings (SSSR count). The van der Waals surface area contributed by atoms with Crippen molar-refractivity contribution in [1.29, 1.82) is 0 Å². The minimum Gasteiger partial charge on any atom is -0.329 e. The Hall–Kier alpha value is -2.13. The number of pyridine rings is 2. The van der Waals surface area contributed by atoms with Gasteiger partial charge in [-0.25, -0.2) is 0 Å². The second-order valence-corrected chi connectivity index (χ2v) is 4.37. The summed E-state index contributed by atoms with van der Waals surface area (Å²) in [5, 5.41) is 2.14. The molecule has 0 saturated carbocycles. The van der Waals surface area contributed by atoms with Crippen LogP contribution in [0.4, 0.5) is 0 Å². The van der Waals surface area contributed by atoms with Crippen molar-refractivity contribution in [3.05, 3.63) is 64.3 Å². The highest BCUT2D eigenvalue weighted by molar-refractivity contribution is 6.33. The number of aromatic amines is 1. The number of halogens is 1. The number of benzene rings is 1. The van der Waals surface area contributed by atoms with E-state index in [9.17, 15) is 4.79 Å². The van der Waals surface area contributed by atoms with Gasteiger partial charge in [0.1, 0.15) is 0 Å². The van der Waals surface area contributed by atoms with E-state index in [1.165, 1.54) is 0 Å². The van der Waals surface area contributed by atoms with E-state index >= 15 is 0 Å². The average molecular weight is 257 g/mol. The predicted octanol–water partition coefficient (Wildman–Crippen LogP) is 3.24. The molecule has 0 bridgehead atoms. The predicted molar refractivity (Wildman–Crippen MR) is 72.8 cm³/mol. The Morgan fingerprint density at radius 2 is 2.06 bits per heavy atom. The highest BCUT2D eigenvalue weighted by atomic mass is 35.5. The molecule has 0 fully saturated rings. The molecule has 1 N–H and O–H groups in total. The minimum atomic E-state index is -0.0977. The second kappa shape index (κ2) is 4.27. The first-order valence-corrected chi connectivity index (χ1v) is 5.85. The largest absolute Gasteiger partial charge is 0.329 e. The third-order valence-corrected chi connectivity index (χ3v) is 3.16. The fraction of sp³-hybridized carbons (Fsp3) is 0. The summed E-state index contributed by atoms with van der Waals surface area (Å²) >= 11 is 6.10. The maximum absolute atomic E-state index is 11.7. The van der Waals surface area contributed by atoms with Crippen molar-refractivity contribution in [3.63, 3.8) is 0 Å². The lowest BCUT2D eigenvalue weighted by Gasteiger charge is -2.05. The molecule has 4 heteroatoms. The van der Waals surface area contributed by atoms with Crippen LogP contribution in [0.25, 0.3) is 21.9 Å². The maximum Gasteiger partial charge on any atom is 0.255 e. The SMILES string of the molecule is O=c1[nH]ccc2ccc(-c3ccncc3Cl)cc12. The summed E-state index contributed by atoms with van der Waals surface area (Å²) in [4.78, 5) is 18.4. The van der Waals surface area contributed by atoms with E-state index < -0.39 is 0 Å². The van der Waals surface area contributed by atoms with Crippen molar-refractivity contribution >= 4 is 22.4 Å². The Morgan fingerprint density at radius 1 is 1.17 bits per heavy atom. The van der Waals surface area contributed by atoms with Gasteiger partial charge in [-0.1, -0.05) is 23.7 Å². The standard InChI is InChI=1S/C14H9ClN2O/c15-13-8-16-5-4-11(13)10-2-1-9-3-6-17-14(18)12(9)7-10/h1-8H,(H,17,18). The van der Waals surface area contributed by atoms with Crippen LogP contribution < -0.4 is 5.56 Å². The minimum absolute atomic E-state index is 0.0977. The zero-order chi connectivity index (χ0) is 12.5. The van der Waals surface area contributed by atoms with Crippen LogP contribution in [0.1, 0.15) is 0 Å². The van der Waals surface area contributed by atoms with E-state index in [2.05, 4.69) is 9.97 Å². The Morgan fingerprint density at radius 3 is 2.89 bits per heavy atom. The first-order chi connectivity index (χ1) is 8.75. The molecule has 3 aromatic rings. The van der Waals surface area contributed by atoms with E-state index in [0.29, 0.717) is 10.4 Å². The van der Waals surface area contributed by atoms with Crippen molar-refractivity contribution in [3.8, 4) is 11.1 Å². The third kappa shape index (κ3) is 1.79. The molecule has 0 aliphatic carbocycles. The number of hydrogen-bond acceptors (Lipinski definition) is 2. The van der Waals surface area contributed by atoms with Gasteiger partial charge in [0, 0.05) is 29.5 Å². The quantitative estimate of drug-likeness (QED) is 0.726. The van der Waals surface area contributed by atoms with E-state index in [1.54, 1.807) is 18.6 Å². The summed E-state index contributed by atoms with van der Waals surface area (Å²) in [6.45, 7) is 0. The molecule has 0 atom stereocenters. The van der Waals surface area contributed by atoms with Crippen molar-refractivity contribution in [1.82, 2.24) is 9.97 Å². The van der Waals surface area contributed by atoms with Gasteiger partial charge in [0.15, 0.2) is 0 Å². The summed E-state index contributed by atoms with van der Waals surface area (Å²) in [6, 6.07) is 9.41. The zero-order valence-corrected chi connectivity index (χ0v) is 10.1. The molecule has 0 unspecified atom stereocenters. The molecule has 0 spiro atoms. The summed E-state index contributed by atoms with van der Waals surface area (Å²) in [5.74, 6) is 0. The molecule has 2 heterocycles. The number of H-pyrrole nitrogens is 1. The van der Waals surface area contributed by atoms with E-state index in [-0.39, 0.29) is 5.56 Å². The van der Waals surface area contributed by atoms with Crippen LogP contribution >= 0.6 is 11.6 Å². The summed E-state index contributed by atoms with van der Waals surface area (Å²) in [6.07, 6.45) is 4.92. The lowest BCUT2D eigenvalue weighted by molar-refractivity contribution is 1.28. The Kier molecular flexibility index (Phi) is 2.61. The van der Waals surface area contributed by atoms with Crippen LogP contribution in [0.2, 0.25) is 5.02 Å². The van der Waals surface area contributed by atoms with E-state index in [0.717, 1.165) is 16.5 Å². The van der Waals surface area contributed by atoms with Gasteiger partial charge in [-0.05, 0) is 29.1 Å². The van der Waals surface area contributed by atoms with Crippen molar-refractivity contribution < 1.29 is 0 Å². The van der Waals surface area contributed by atoms with Gasteiger partial charge in [-0.2, -0.15) is 0 Å². The molecule has 18 heavy (non-hydrogen) atoms. The highest BCUT2D eigenvalue weighted by Gasteiger charge is 2.05. The monoisotopic (exact) mass is 256 g/mol. The number of nitrogens with zero attached hydrogens (tertiary/aromatic N) is 1. The number of rotatable bonds is 1. The van der Waals surface area contributed by atoms with Crippen LogP contribution in [0, 0.1) is 0 Å². The van der Waals surface area contributed by atoms with Crippen LogP contribution in [-0.4, -0.2) is 9.97 Å². The van der Waals surface area contributed by atoms with Gasteiger partial charge < -0.3 is 4.98 Å². The summed E-state index contributed by atoms with van der Waals surface area (Å²) in [5.41, 5.74) is 1.68. The van der Waals surface area contributed by atoms with Gasteiger partial charge in [-0.3, -0.25) is 9.78 Å². The molecule has 0 saturated heterocycles. The second-order valence-electron chi connectivity index (χ2n) is 3.96. The first kappa shape index (κ1) is 11.0. The Balaban J connectivity index is 2.29. The van der Waals surface area contributed by atoms with Crippen molar-refractivity contribution in [2.24, 2.45) is 0 Å². The van der Waals surface area contributed by atoms with Crippen LogP contribution in [0.3, 0.4) is 0 Å². The smallest absolute Gasteiger partial charge is 0.255 e. The van der Waals surface area contributed by atoms with E-state index in [1.807, 2.05) is 30.3 Å². The average Bonchev–Trinajstić information content (AvgIpc) is 2.40. The van der Waals surface area contributed by atoms with Crippen LogP contribution in [0.5, 0.6) is 0 Å². The molecule has 88 valence electrons. The topological polar surface area (TPSA) is 45.8 Å². The molecule has 0 radical (unpaired) electrons. The fourth-order valence-electron chi connectivity index (χ4n) is 1.96. The summed E-state index contributed by atoms with van der Waals surface area (Å²) in [7, 11) is 0. The van der Waals surface area contributed by atoms with Crippen molar-refractivity contribution in [2.45, 2.75) is 0 Å². The molecule has 2 aromatic heterocycles. The molecule has 0 amide bonds. The molecule has 1 aromatic carbocycles. The fourth-order valence-corrected chi connectivity index (χ4v) is 2.19. The van der Waals surface area contributed by atoms with Gasteiger partial charge in [-0.15, -0.1) is 0 Å². The Labute approximate surface area is 108 Å². The highest BCUT2D eigenvalue weighted by Crippen LogP contribution is 2.28. The normalized spacial score (nSPS) is 10.7. The number of nitrogens with one attached hydrogen (secondary N) is 1. The van der Waals surface area contributed by atoms with Crippen LogP contribution in [0.15, 0.2) is 53.7 Å². The summed E-state index contributed by atoms with van der Waals surface area (Å²) < 4.78 is 0. The van der Waals surface area contributed by atoms with Crippen LogP contribution in [-0.2, 0) is 0 Å². The Bertz CT molecular complexity index is 780. The number of fused-ring (bicyclic) bond motifs is 1. The van der Waals surface area contributed by atoms with Gasteiger partial charge in [0.05, 0.1) is 5.02 Å². The van der Waals surface area contributed by atoms with Gasteiger partial charge >= 0.3 is 0 Å². The number of hydrogen-bond donors (Lipinski definition) is 1. The van der Waals surface area contributed by atoms with Gasteiger partial charge in [0.25, 0.3) is 5.56 Å². The molecule has 3 nitrogen and oxygen atoms in total. The first-order valence-electron chi connectivity index (χ1n) is 5.47.